The average Bonchev–Trinajstić information content (AvgIpc) is 2.80. The summed E-state index contributed by atoms with van der Waals surface area (Å²) in [5.41, 5.74) is 3.08. The van der Waals surface area contributed by atoms with Crippen LogP contribution in [0.5, 0.6) is 0 Å². The van der Waals surface area contributed by atoms with E-state index in [1.807, 2.05) is 0 Å². The topological polar surface area (TPSA) is 0 Å². The van der Waals surface area contributed by atoms with Gasteiger partial charge < -0.3 is 0 Å². The first-order chi connectivity index (χ1) is 6.43. The Hall–Kier alpha value is -1.04. The maximum Gasteiger partial charge on any atom is -0.0153 e. The van der Waals surface area contributed by atoms with E-state index in [0.29, 0.717) is 0 Å². The smallest absolute Gasteiger partial charge is 0.0153 e. The minimum absolute atomic E-state index is 0.882. The van der Waals surface area contributed by atoms with Crippen LogP contribution in [0, 0.1) is 11.8 Å². The fourth-order valence-electron chi connectivity index (χ4n) is 2.80. The summed E-state index contributed by atoms with van der Waals surface area (Å²) in [5, 5.41) is 0. The molecule has 1 fully saturated rings. The monoisotopic (exact) mass is 170 g/mol. The molecule has 0 spiro atoms. The molecule has 2 atom stereocenters. The van der Waals surface area contributed by atoms with Crippen molar-refractivity contribution in [2.45, 2.75) is 19.3 Å². The van der Waals surface area contributed by atoms with Gasteiger partial charge >= 0.3 is 0 Å². The summed E-state index contributed by atoms with van der Waals surface area (Å²) in [6.07, 6.45) is 6.78. The second kappa shape index (κ2) is 2.73. The number of rotatable bonds is 1. The third-order valence-corrected chi connectivity index (χ3v) is 3.44. The average molecular weight is 170 g/mol. The van der Waals surface area contributed by atoms with Crippen molar-refractivity contribution in [3.8, 4) is 0 Å². The number of benzene rings is 1. The van der Waals surface area contributed by atoms with E-state index in [1.54, 1.807) is 5.57 Å². The highest BCUT2D eigenvalue weighted by Gasteiger charge is 2.32. The zero-order chi connectivity index (χ0) is 8.67. The first kappa shape index (κ1) is 7.37. The van der Waals surface area contributed by atoms with Gasteiger partial charge in [0.15, 0.2) is 0 Å². The molecule has 1 aromatic rings. The Balaban J connectivity index is 1.99. The van der Waals surface area contributed by atoms with Crippen LogP contribution >= 0.6 is 0 Å². The number of fused-ring (bicyclic) bond motifs is 2. The van der Waals surface area contributed by atoms with Crippen molar-refractivity contribution in [3.63, 3.8) is 0 Å². The van der Waals surface area contributed by atoms with Gasteiger partial charge in [-0.2, -0.15) is 0 Å². The summed E-state index contributed by atoms with van der Waals surface area (Å²) in [4.78, 5) is 0. The molecule has 0 N–H and O–H groups in total. The summed E-state index contributed by atoms with van der Waals surface area (Å²) in [5.74, 6) is 1.78. The first-order valence-corrected chi connectivity index (χ1v) is 5.20. The van der Waals surface area contributed by atoms with Gasteiger partial charge in [0.25, 0.3) is 0 Å². The van der Waals surface area contributed by atoms with Crippen LogP contribution in [-0.4, -0.2) is 0 Å². The molecule has 13 heavy (non-hydrogen) atoms. The van der Waals surface area contributed by atoms with Gasteiger partial charge in [-0.1, -0.05) is 36.4 Å². The van der Waals surface area contributed by atoms with E-state index in [9.17, 15) is 0 Å². The van der Waals surface area contributed by atoms with Gasteiger partial charge in [0.05, 0.1) is 0 Å². The zero-order valence-electron chi connectivity index (χ0n) is 7.74. The van der Waals surface area contributed by atoms with E-state index in [4.69, 9.17) is 0 Å². The van der Waals surface area contributed by atoms with Gasteiger partial charge in [-0.05, 0) is 42.2 Å². The molecule has 0 aliphatic heterocycles. The molecule has 0 heteroatoms. The Morgan fingerprint density at radius 2 is 1.85 bits per heavy atom. The molecule has 0 amide bonds. The highest BCUT2D eigenvalue weighted by molar-refractivity contribution is 5.70. The van der Waals surface area contributed by atoms with Gasteiger partial charge in [0.2, 0.25) is 0 Å². The van der Waals surface area contributed by atoms with Gasteiger partial charge in [-0.15, -0.1) is 0 Å². The fourth-order valence-corrected chi connectivity index (χ4v) is 2.80. The first-order valence-electron chi connectivity index (χ1n) is 5.20. The SMILES string of the molecule is C1=C(c2ccccc2)C2CCC1C2. The lowest BCUT2D eigenvalue weighted by molar-refractivity contribution is 0.695. The van der Waals surface area contributed by atoms with Crippen LogP contribution in [0.2, 0.25) is 0 Å². The number of allylic oxidation sites excluding steroid dienone is 2. The van der Waals surface area contributed by atoms with E-state index in [2.05, 4.69) is 36.4 Å². The molecule has 1 saturated carbocycles. The van der Waals surface area contributed by atoms with Crippen molar-refractivity contribution in [1.29, 1.82) is 0 Å². The van der Waals surface area contributed by atoms with Crippen LogP contribution in [-0.2, 0) is 0 Å². The molecule has 1 aromatic carbocycles. The molecule has 0 aromatic heterocycles. The van der Waals surface area contributed by atoms with E-state index >= 15 is 0 Å². The molecule has 0 heterocycles. The molecule has 2 bridgehead atoms. The van der Waals surface area contributed by atoms with Gasteiger partial charge in [0, 0.05) is 0 Å². The minimum atomic E-state index is 0.882. The van der Waals surface area contributed by atoms with Crippen molar-refractivity contribution >= 4 is 5.57 Å². The summed E-state index contributed by atoms with van der Waals surface area (Å²) < 4.78 is 0. The molecule has 0 nitrogen and oxygen atoms in total. The molecule has 2 unspecified atom stereocenters. The van der Waals surface area contributed by atoms with Crippen LogP contribution in [0.15, 0.2) is 36.4 Å². The lowest BCUT2D eigenvalue weighted by Gasteiger charge is -2.12. The van der Waals surface area contributed by atoms with E-state index < -0.39 is 0 Å². The van der Waals surface area contributed by atoms with Gasteiger partial charge in [0.1, 0.15) is 0 Å². The standard InChI is InChI=1S/C13H14/c1-2-4-11(5-3-1)13-9-10-6-7-12(13)8-10/h1-5,9-10,12H,6-8H2. The zero-order valence-corrected chi connectivity index (χ0v) is 7.74. The lowest BCUT2D eigenvalue weighted by Crippen LogP contribution is -1.95. The Labute approximate surface area is 79.3 Å². The molecule has 2 aliphatic rings. The summed E-state index contributed by atoms with van der Waals surface area (Å²) in [7, 11) is 0. The van der Waals surface area contributed by atoms with Crippen molar-refractivity contribution < 1.29 is 0 Å². The molecule has 3 rings (SSSR count). The van der Waals surface area contributed by atoms with Crippen molar-refractivity contribution in [3.05, 3.63) is 42.0 Å². The fraction of sp³-hybridized carbons (Fsp3) is 0.385. The maximum absolute atomic E-state index is 2.50. The van der Waals surface area contributed by atoms with Crippen LogP contribution in [0.4, 0.5) is 0 Å². The Morgan fingerprint density at radius 3 is 2.46 bits per heavy atom. The second-order valence-corrected chi connectivity index (χ2v) is 4.26. The predicted octanol–water partition coefficient (Wildman–Crippen LogP) is 3.50. The number of hydrogen-bond acceptors (Lipinski definition) is 0. The van der Waals surface area contributed by atoms with Crippen LogP contribution < -0.4 is 0 Å². The molecule has 2 aliphatic carbocycles. The maximum atomic E-state index is 2.50. The van der Waals surface area contributed by atoms with Crippen molar-refractivity contribution in [2.24, 2.45) is 11.8 Å². The quantitative estimate of drug-likeness (QED) is 0.605. The van der Waals surface area contributed by atoms with Gasteiger partial charge in [-0.25, -0.2) is 0 Å². The Morgan fingerprint density at radius 1 is 1.00 bits per heavy atom. The Bertz CT molecular complexity index is 334. The lowest BCUT2D eigenvalue weighted by atomic mass is 9.92. The molecular weight excluding hydrogens is 156 g/mol. The number of hydrogen-bond donors (Lipinski definition) is 0. The highest BCUT2D eigenvalue weighted by atomic mass is 14.4. The van der Waals surface area contributed by atoms with E-state index in [-0.39, 0.29) is 0 Å². The summed E-state index contributed by atoms with van der Waals surface area (Å²) in [6, 6.07) is 10.9. The van der Waals surface area contributed by atoms with Gasteiger partial charge in [-0.3, -0.25) is 0 Å². The highest BCUT2D eigenvalue weighted by Crippen LogP contribution is 2.47. The third-order valence-electron chi connectivity index (χ3n) is 3.44. The Kier molecular flexibility index (Phi) is 1.55. The van der Waals surface area contributed by atoms with Crippen LogP contribution in [0.3, 0.4) is 0 Å². The van der Waals surface area contributed by atoms with Crippen molar-refractivity contribution in [2.75, 3.05) is 0 Å². The normalized spacial score (nSPS) is 30.6. The van der Waals surface area contributed by atoms with Crippen molar-refractivity contribution in [1.82, 2.24) is 0 Å². The van der Waals surface area contributed by atoms with E-state index in [1.165, 1.54) is 24.8 Å². The molecule has 0 radical (unpaired) electrons. The largest absolute Gasteiger partial charge is 0.0773 e. The molecule has 66 valence electrons. The minimum Gasteiger partial charge on any atom is -0.0773 e. The predicted molar refractivity (Wildman–Crippen MR) is 55.3 cm³/mol. The van der Waals surface area contributed by atoms with Crippen LogP contribution in [0.25, 0.3) is 5.57 Å². The summed E-state index contributed by atoms with van der Waals surface area (Å²) >= 11 is 0. The molecule has 0 saturated heterocycles. The van der Waals surface area contributed by atoms with E-state index in [0.717, 1.165) is 11.8 Å². The summed E-state index contributed by atoms with van der Waals surface area (Å²) in [6.45, 7) is 0. The third kappa shape index (κ3) is 1.13. The molecular formula is C13H14. The van der Waals surface area contributed by atoms with Crippen LogP contribution in [0.1, 0.15) is 24.8 Å². The second-order valence-electron chi connectivity index (χ2n) is 4.26.